The summed E-state index contributed by atoms with van der Waals surface area (Å²) < 4.78 is 0. The molecular weight excluding hydrogens is 278 g/mol. The van der Waals surface area contributed by atoms with Gasteiger partial charge in [-0.1, -0.05) is 48.2 Å². The number of fused-ring (bicyclic) bond motifs is 2. The van der Waals surface area contributed by atoms with Crippen LogP contribution in [0.1, 0.15) is 13.3 Å². The van der Waals surface area contributed by atoms with Crippen LogP contribution < -0.4 is 4.90 Å². The highest BCUT2D eigenvalue weighted by atomic mass is 32.2. The normalized spacial score (nSPS) is 30.0. The average molecular weight is 295 g/mol. The number of para-hydroxylation sites is 1. The Kier molecular flexibility index (Phi) is 3.03. The molecule has 2 unspecified atom stereocenters. The van der Waals surface area contributed by atoms with Crippen LogP contribution in [0.2, 0.25) is 0 Å². The van der Waals surface area contributed by atoms with E-state index in [1.54, 1.807) is 11.8 Å². The van der Waals surface area contributed by atoms with Gasteiger partial charge in [0.15, 0.2) is 5.78 Å². The average Bonchev–Trinajstić information content (AvgIpc) is 3.05. The van der Waals surface area contributed by atoms with E-state index in [-0.39, 0.29) is 5.92 Å². The zero-order valence-corrected chi connectivity index (χ0v) is 12.8. The molecule has 1 saturated carbocycles. The lowest BCUT2D eigenvalue weighted by Crippen LogP contribution is -2.20. The van der Waals surface area contributed by atoms with E-state index < -0.39 is 0 Å². The zero-order valence-electron chi connectivity index (χ0n) is 12.0. The van der Waals surface area contributed by atoms with E-state index in [0.717, 1.165) is 23.6 Å². The first-order valence-electron chi connectivity index (χ1n) is 7.46. The first kappa shape index (κ1) is 13.0. The Balaban J connectivity index is 1.78. The smallest absolute Gasteiger partial charge is 0.168 e. The molecule has 2 nitrogen and oxygen atoms in total. The number of carbonyl (C=O) groups excluding carboxylic acids is 1. The van der Waals surface area contributed by atoms with Crippen molar-refractivity contribution in [1.29, 1.82) is 0 Å². The van der Waals surface area contributed by atoms with Gasteiger partial charge in [0, 0.05) is 22.9 Å². The van der Waals surface area contributed by atoms with Crippen LogP contribution in [0.4, 0.5) is 5.69 Å². The summed E-state index contributed by atoms with van der Waals surface area (Å²) in [5.41, 5.74) is 2.26. The lowest BCUT2D eigenvalue weighted by molar-refractivity contribution is -0.117. The molecule has 1 aromatic rings. The van der Waals surface area contributed by atoms with Crippen LogP contribution in [0.25, 0.3) is 0 Å². The van der Waals surface area contributed by atoms with E-state index in [9.17, 15) is 4.79 Å². The molecule has 0 bridgehead atoms. The summed E-state index contributed by atoms with van der Waals surface area (Å²) in [5, 5.41) is 1.15. The maximum atomic E-state index is 12.8. The molecule has 1 aliphatic heterocycles. The number of rotatable bonds is 1. The van der Waals surface area contributed by atoms with Crippen LogP contribution in [0.3, 0.4) is 0 Å². The number of hydrogen-bond acceptors (Lipinski definition) is 3. The van der Waals surface area contributed by atoms with Gasteiger partial charge in [-0.25, -0.2) is 0 Å². The number of allylic oxidation sites excluding steroid dienone is 5. The molecule has 3 heteroatoms. The van der Waals surface area contributed by atoms with Gasteiger partial charge in [-0.05, 0) is 31.4 Å². The zero-order chi connectivity index (χ0) is 14.4. The number of carbonyl (C=O) groups is 1. The molecule has 0 N–H and O–H groups in total. The standard InChI is InChI=1S/C18H17NOS/c1-2-19-15-9-5-6-10-16(15)21-18(19)14-11-12-7-3-4-8-13(12)17(14)20/h3-10,12-13H,2,11H2,1H3/b18-14-. The molecule has 2 atom stereocenters. The predicted molar refractivity (Wildman–Crippen MR) is 87.2 cm³/mol. The van der Waals surface area contributed by atoms with Gasteiger partial charge in [-0.2, -0.15) is 0 Å². The molecule has 21 heavy (non-hydrogen) atoms. The second-order valence-electron chi connectivity index (χ2n) is 5.63. The van der Waals surface area contributed by atoms with Crippen molar-refractivity contribution < 1.29 is 4.79 Å². The Hall–Kier alpha value is -1.74. The van der Waals surface area contributed by atoms with E-state index in [1.807, 2.05) is 6.08 Å². The Morgan fingerprint density at radius 3 is 2.86 bits per heavy atom. The van der Waals surface area contributed by atoms with E-state index in [0.29, 0.717) is 11.7 Å². The largest absolute Gasteiger partial charge is 0.335 e. The van der Waals surface area contributed by atoms with Gasteiger partial charge in [0.05, 0.1) is 10.7 Å². The minimum Gasteiger partial charge on any atom is -0.335 e. The molecule has 4 rings (SSSR count). The van der Waals surface area contributed by atoms with E-state index in [1.165, 1.54) is 10.6 Å². The molecule has 2 aliphatic carbocycles. The fourth-order valence-electron chi connectivity index (χ4n) is 3.43. The van der Waals surface area contributed by atoms with Crippen LogP contribution in [-0.4, -0.2) is 12.3 Å². The molecular formula is C18H17NOS. The number of anilines is 1. The first-order chi connectivity index (χ1) is 10.3. The van der Waals surface area contributed by atoms with Crippen LogP contribution in [0.5, 0.6) is 0 Å². The van der Waals surface area contributed by atoms with Crippen molar-refractivity contribution in [3.8, 4) is 0 Å². The molecule has 0 saturated heterocycles. The molecule has 0 radical (unpaired) electrons. The highest BCUT2D eigenvalue weighted by molar-refractivity contribution is 8.03. The molecule has 106 valence electrons. The Morgan fingerprint density at radius 1 is 1.24 bits per heavy atom. The Labute approximate surface area is 129 Å². The maximum absolute atomic E-state index is 12.8. The lowest BCUT2D eigenvalue weighted by Gasteiger charge is -2.19. The van der Waals surface area contributed by atoms with Crippen molar-refractivity contribution in [3.05, 3.63) is 59.2 Å². The van der Waals surface area contributed by atoms with Crippen molar-refractivity contribution in [2.45, 2.75) is 18.2 Å². The van der Waals surface area contributed by atoms with E-state index in [4.69, 9.17) is 0 Å². The van der Waals surface area contributed by atoms with Gasteiger partial charge >= 0.3 is 0 Å². The van der Waals surface area contributed by atoms with Crippen molar-refractivity contribution in [2.75, 3.05) is 11.4 Å². The lowest BCUT2D eigenvalue weighted by atomic mass is 9.92. The third-order valence-electron chi connectivity index (χ3n) is 4.47. The molecule has 3 aliphatic rings. The Bertz CT molecular complexity index is 701. The van der Waals surface area contributed by atoms with Crippen molar-refractivity contribution >= 4 is 23.2 Å². The summed E-state index contributed by atoms with van der Waals surface area (Å²) in [5.74, 6) is 0.725. The summed E-state index contributed by atoms with van der Waals surface area (Å²) in [6.45, 7) is 3.05. The van der Waals surface area contributed by atoms with Gasteiger partial charge in [-0.15, -0.1) is 0 Å². The maximum Gasteiger partial charge on any atom is 0.168 e. The third-order valence-corrected chi connectivity index (χ3v) is 5.70. The highest BCUT2D eigenvalue weighted by Crippen LogP contribution is 2.50. The molecule has 1 heterocycles. The molecule has 0 aromatic heterocycles. The minimum absolute atomic E-state index is 0.0560. The topological polar surface area (TPSA) is 20.3 Å². The molecule has 1 fully saturated rings. The van der Waals surface area contributed by atoms with Gasteiger partial charge in [0.2, 0.25) is 0 Å². The number of hydrogen-bond donors (Lipinski definition) is 0. The summed E-state index contributed by atoms with van der Waals surface area (Å²) in [7, 11) is 0. The number of thioether (sulfide) groups is 1. The van der Waals surface area contributed by atoms with Crippen molar-refractivity contribution in [1.82, 2.24) is 0 Å². The van der Waals surface area contributed by atoms with E-state index in [2.05, 4.69) is 54.3 Å². The Morgan fingerprint density at radius 2 is 2.05 bits per heavy atom. The van der Waals surface area contributed by atoms with Crippen LogP contribution >= 0.6 is 11.8 Å². The summed E-state index contributed by atoms with van der Waals surface area (Å²) in [6.07, 6.45) is 9.18. The van der Waals surface area contributed by atoms with Crippen LogP contribution in [0.15, 0.2) is 64.1 Å². The monoisotopic (exact) mass is 295 g/mol. The van der Waals surface area contributed by atoms with E-state index >= 15 is 0 Å². The predicted octanol–water partition coefficient (Wildman–Crippen LogP) is 4.16. The van der Waals surface area contributed by atoms with Crippen molar-refractivity contribution in [2.24, 2.45) is 11.8 Å². The molecule has 0 spiro atoms. The van der Waals surface area contributed by atoms with Gasteiger partial charge in [0.1, 0.15) is 0 Å². The van der Waals surface area contributed by atoms with Crippen LogP contribution in [-0.2, 0) is 4.79 Å². The fourth-order valence-corrected chi connectivity index (χ4v) is 4.72. The summed E-state index contributed by atoms with van der Waals surface area (Å²) >= 11 is 1.75. The first-order valence-corrected chi connectivity index (χ1v) is 8.28. The fraction of sp³-hybridized carbons (Fsp3) is 0.278. The second-order valence-corrected chi connectivity index (χ2v) is 6.66. The molecule has 0 amide bonds. The number of ketones is 1. The number of Topliss-reactive ketones (excluding diaryl/α,β-unsaturated/α-hetero) is 1. The third kappa shape index (κ3) is 1.91. The molecule has 1 aromatic carbocycles. The van der Waals surface area contributed by atoms with Gasteiger partial charge < -0.3 is 4.90 Å². The minimum atomic E-state index is 0.0560. The van der Waals surface area contributed by atoms with Crippen LogP contribution in [0, 0.1) is 11.8 Å². The summed E-state index contributed by atoms with van der Waals surface area (Å²) in [4.78, 5) is 16.3. The highest BCUT2D eigenvalue weighted by Gasteiger charge is 2.40. The summed E-state index contributed by atoms with van der Waals surface area (Å²) in [6, 6.07) is 8.42. The quantitative estimate of drug-likeness (QED) is 0.726. The SMILES string of the molecule is CCN1/C(=C2\CC3C=CC=CC3C2=O)Sc2ccccc21. The second kappa shape index (κ2) is 4.92. The number of nitrogens with zero attached hydrogens (tertiary/aromatic N) is 1. The number of benzene rings is 1. The van der Waals surface area contributed by atoms with Crippen molar-refractivity contribution in [3.63, 3.8) is 0 Å². The van der Waals surface area contributed by atoms with Gasteiger partial charge in [-0.3, -0.25) is 4.79 Å². The van der Waals surface area contributed by atoms with Gasteiger partial charge in [0.25, 0.3) is 0 Å².